The monoisotopic (exact) mass is 393 g/mol. The molecule has 0 aliphatic rings. The number of carbonyl (C=O) groups excluding carboxylic acids is 1. The van der Waals surface area contributed by atoms with Gasteiger partial charge >= 0.3 is 0 Å². The Hall–Kier alpha value is -3.26. The molecule has 142 valence electrons. The Morgan fingerprint density at radius 1 is 1.14 bits per heavy atom. The van der Waals surface area contributed by atoms with Crippen LogP contribution < -0.4 is 10.2 Å². The van der Waals surface area contributed by atoms with Crippen molar-refractivity contribution in [3.8, 4) is 5.75 Å². The van der Waals surface area contributed by atoms with Crippen molar-refractivity contribution in [1.29, 1.82) is 0 Å². The third-order valence-corrected chi connectivity index (χ3v) is 4.77. The standard InChI is InChI=1S/C20H19N5O2S/c1-14(24-25-19(26)16-5-3-8-21-12-16)15-6-7-18(27-2)17(11-15)13-28-20-22-9-4-10-23-20/h3-12H,13H2,1-2H3,(H,25,26). The van der Waals surface area contributed by atoms with E-state index in [9.17, 15) is 4.79 Å². The van der Waals surface area contributed by atoms with Crippen molar-refractivity contribution < 1.29 is 9.53 Å². The molecule has 2 heterocycles. The third kappa shape index (κ3) is 5.14. The van der Waals surface area contributed by atoms with Crippen LogP contribution in [0.25, 0.3) is 0 Å². The third-order valence-electron chi connectivity index (χ3n) is 3.85. The summed E-state index contributed by atoms with van der Waals surface area (Å²) in [7, 11) is 1.64. The molecule has 1 N–H and O–H groups in total. The fraction of sp³-hybridized carbons (Fsp3) is 0.150. The van der Waals surface area contributed by atoms with Crippen LogP contribution >= 0.6 is 11.8 Å². The van der Waals surface area contributed by atoms with Gasteiger partial charge < -0.3 is 4.74 Å². The fourth-order valence-electron chi connectivity index (χ4n) is 2.38. The Balaban J connectivity index is 1.73. The van der Waals surface area contributed by atoms with Crippen molar-refractivity contribution in [3.63, 3.8) is 0 Å². The Kier molecular flexibility index (Phi) is 6.69. The summed E-state index contributed by atoms with van der Waals surface area (Å²) < 4.78 is 5.45. The zero-order valence-corrected chi connectivity index (χ0v) is 16.3. The number of carbonyl (C=O) groups is 1. The van der Waals surface area contributed by atoms with Crippen LogP contribution in [0.15, 0.2) is 71.4 Å². The predicted octanol–water partition coefficient (Wildman–Crippen LogP) is 3.33. The van der Waals surface area contributed by atoms with Crippen LogP contribution in [0.1, 0.15) is 28.4 Å². The van der Waals surface area contributed by atoms with Crippen LogP contribution in [-0.2, 0) is 5.75 Å². The summed E-state index contributed by atoms with van der Waals surface area (Å²) in [5.41, 5.74) is 5.57. The van der Waals surface area contributed by atoms with E-state index in [4.69, 9.17) is 4.74 Å². The number of methoxy groups -OCH3 is 1. The lowest BCUT2D eigenvalue weighted by Crippen LogP contribution is -2.19. The lowest BCUT2D eigenvalue weighted by atomic mass is 10.1. The summed E-state index contributed by atoms with van der Waals surface area (Å²) >= 11 is 1.52. The minimum Gasteiger partial charge on any atom is -0.496 e. The molecule has 0 aliphatic carbocycles. The molecule has 0 atom stereocenters. The molecule has 0 saturated heterocycles. The molecule has 0 bridgehead atoms. The molecule has 1 aromatic carbocycles. The topological polar surface area (TPSA) is 89.4 Å². The largest absolute Gasteiger partial charge is 0.496 e. The molecule has 0 spiro atoms. The molecular weight excluding hydrogens is 374 g/mol. The van der Waals surface area contributed by atoms with Gasteiger partial charge in [-0.3, -0.25) is 9.78 Å². The molecule has 0 aliphatic heterocycles. The maximum Gasteiger partial charge on any atom is 0.272 e. The van der Waals surface area contributed by atoms with Crippen LogP contribution in [0, 0.1) is 0 Å². The lowest BCUT2D eigenvalue weighted by Gasteiger charge is -2.10. The first-order valence-electron chi connectivity index (χ1n) is 8.49. The van der Waals surface area contributed by atoms with Gasteiger partial charge in [-0.15, -0.1) is 0 Å². The van der Waals surface area contributed by atoms with Crippen molar-refractivity contribution in [2.75, 3.05) is 7.11 Å². The number of aromatic nitrogens is 3. The predicted molar refractivity (Wildman–Crippen MR) is 109 cm³/mol. The summed E-state index contributed by atoms with van der Waals surface area (Å²) in [5.74, 6) is 1.12. The van der Waals surface area contributed by atoms with Gasteiger partial charge in [-0.05, 0) is 48.9 Å². The van der Waals surface area contributed by atoms with E-state index in [0.29, 0.717) is 22.2 Å². The number of nitrogens with zero attached hydrogens (tertiary/aromatic N) is 4. The second-order valence-corrected chi connectivity index (χ2v) is 6.67. The van der Waals surface area contributed by atoms with E-state index >= 15 is 0 Å². The Morgan fingerprint density at radius 3 is 2.68 bits per heavy atom. The summed E-state index contributed by atoms with van der Waals surface area (Å²) in [5, 5.41) is 4.90. The van der Waals surface area contributed by atoms with Crippen LogP contribution in [-0.4, -0.2) is 33.7 Å². The lowest BCUT2D eigenvalue weighted by molar-refractivity contribution is 0.0954. The number of hydrogen-bond donors (Lipinski definition) is 1. The summed E-state index contributed by atoms with van der Waals surface area (Å²) in [6, 6.07) is 11.0. The minimum absolute atomic E-state index is 0.307. The summed E-state index contributed by atoms with van der Waals surface area (Å²) in [6.07, 6.45) is 6.53. The second kappa shape index (κ2) is 9.61. The highest BCUT2D eigenvalue weighted by molar-refractivity contribution is 7.98. The number of nitrogens with one attached hydrogen (secondary N) is 1. The zero-order valence-electron chi connectivity index (χ0n) is 15.5. The van der Waals surface area contributed by atoms with E-state index in [1.54, 1.807) is 43.9 Å². The minimum atomic E-state index is -0.307. The quantitative estimate of drug-likeness (QED) is 0.287. The molecule has 1 amide bonds. The van der Waals surface area contributed by atoms with Crippen LogP contribution in [0.5, 0.6) is 5.75 Å². The molecule has 0 unspecified atom stereocenters. The molecule has 28 heavy (non-hydrogen) atoms. The number of thioether (sulfide) groups is 1. The zero-order chi connectivity index (χ0) is 19.8. The first-order chi connectivity index (χ1) is 13.7. The van der Waals surface area contributed by atoms with Gasteiger partial charge in [-0.2, -0.15) is 5.10 Å². The first-order valence-corrected chi connectivity index (χ1v) is 9.47. The van der Waals surface area contributed by atoms with Gasteiger partial charge in [-0.25, -0.2) is 15.4 Å². The molecule has 7 nitrogen and oxygen atoms in total. The molecule has 0 radical (unpaired) electrons. The highest BCUT2D eigenvalue weighted by atomic mass is 32.2. The smallest absolute Gasteiger partial charge is 0.272 e. The van der Waals surface area contributed by atoms with Gasteiger partial charge in [0.1, 0.15) is 5.75 Å². The van der Waals surface area contributed by atoms with Crippen molar-refractivity contribution in [1.82, 2.24) is 20.4 Å². The van der Waals surface area contributed by atoms with E-state index < -0.39 is 0 Å². The Labute approximate surface area is 167 Å². The van der Waals surface area contributed by atoms with Gasteiger partial charge in [0.2, 0.25) is 0 Å². The maximum atomic E-state index is 12.1. The molecular formula is C20H19N5O2S. The number of ether oxygens (including phenoxy) is 1. The van der Waals surface area contributed by atoms with Gasteiger partial charge in [0.15, 0.2) is 5.16 Å². The molecule has 2 aromatic heterocycles. The van der Waals surface area contributed by atoms with Crippen molar-refractivity contribution in [2.24, 2.45) is 5.10 Å². The number of pyridine rings is 1. The van der Waals surface area contributed by atoms with Gasteiger partial charge in [0, 0.05) is 36.1 Å². The van der Waals surface area contributed by atoms with Crippen molar-refractivity contribution in [3.05, 3.63) is 77.9 Å². The van der Waals surface area contributed by atoms with E-state index in [-0.39, 0.29) is 5.91 Å². The fourth-order valence-corrected chi connectivity index (χ4v) is 3.16. The second-order valence-electron chi connectivity index (χ2n) is 5.73. The maximum absolute atomic E-state index is 12.1. The number of amides is 1. The molecule has 3 aromatic rings. The van der Waals surface area contributed by atoms with Crippen molar-refractivity contribution in [2.45, 2.75) is 17.8 Å². The van der Waals surface area contributed by atoms with Gasteiger partial charge in [0.25, 0.3) is 5.91 Å². The number of hydrazone groups is 1. The van der Waals surface area contributed by atoms with Crippen LogP contribution in [0.3, 0.4) is 0 Å². The number of benzene rings is 1. The van der Waals surface area contributed by atoms with Crippen molar-refractivity contribution >= 4 is 23.4 Å². The highest BCUT2D eigenvalue weighted by Crippen LogP contribution is 2.27. The summed E-state index contributed by atoms with van der Waals surface area (Å²) in [4.78, 5) is 24.5. The normalized spacial score (nSPS) is 11.1. The highest BCUT2D eigenvalue weighted by Gasteiger charge is 2.09. The number of rotatable bonds is 7. The SMILES string of the molecule is COc1ccc(C(C)=NNC(=O)c2cccnc2)cc1CSc1ncccn1. The van der Waals surface area contributed by atoms with E-state index in [1.165, 1.54) is 18.0 Å². The Bertz CT molecular complexity index is 965. The van der Waals surface area contributed by atoms with Gasteiger partial charge in [0.05, 0.1) is 18.4 Å². The van der Waals surface area contributed by atoms with Crippen LogP contribution in [0.2, 0.25) is 0 Å². The molecule has 0 fully saturated rings. The van der Waals surface area contributed by atoms with E-state index in [0.717, 1.165) is 16.9 Å². The average Bonchev–Trinajstić information content (AvgIpc) is 2.76. The van der Waals surface area contributed by atoms with E-state index in [2.05, 4.69) is 25.5 Å². The molecule has 8 heteroatoms. The van der Waals surface area contributed by atoms with Crippen LogP contribution in [0.4, 0.5) is 0 Å². The van der Waals surface area contributed by atoms with Gasteiger partial charge in [-0.1, -0.05) is 11.8 Å². The molecule has 0 saturated carbocycles. The first kappa shape index (κ1) is 19.5. The van der Waals surface area contributed by atoms with E-state index in [1.807, 2.05) is 25.1 Å². The average molecular weight is 393 g/mol. The number of hydrogen-bond acceptors (Lipinski definition) is 7. The summed E-state index contributed by atoms with van der Waals surface area (Å²) in [6.45, 7) is 1.84. The Morgan fingerprint density at radius 2 is 1.96 bits per heavy atom. The molecule has 3 rings (SSSR count).